The lowest BCUT2D eigenvalue weighted by Crippen LogP contribution is -2.07. The first-order chi connectivity index (χ1) is 9.61. The van der Waals surface area contributed by atoms with Crippen LogP contribution in [0.1, 0.15) is 24.7 Å². The number of aromatic nitrogens is 1. The molecule has 0 N–H and O–H groups in total. The Labute approximate surface area is 120 Å². The third-order valence-corrected chi connectivity index (χ3v) is 4.33. The van der Waals surface area contributed by atoms with E-state index in [4.69, 9.17) is 8.83 Å². The second-order valence-corrected chi connectivity index (χ2v) is 5.78. The smallest absolute Gasteiger partial charge is 0.256 e. The van der Waals surface area contributed by atoms with E-state index in [1.807, 2.05) is 0 Å². The Morgan fingerprint density at radius 1 is 1.25 bits per heavy atom. The quantitative estimate of drug-likeness (QED) is 0.681. The first-order valence-electron chi connectivity index (χ1n) is 6.58. The second-order valence-electron chi connectivity index (χ2n) is 4.73. The van der Waals surface area contributed by atoms with E-state index in [0.29, 0.717) is 38.6 Å². The highest BCUT2D eigenvalue weighted by Crippen LogP contribution is 2.29. The Balaban J connectivity index is 2.29. The molecule has 0 aliphatic rings. The maximum absolute atomic E-state index is 12.2. The molecule has 20 heavy (non-hydrogen) atoms. The summed E-state index contributed by atoms with van der Waals surface area (Å²) in [6.45, 7) is 5.67. The van der Waals surface area contributed by atoms with Gasteiger partial charge in [0.1, 0.15) is 5.76 Å². The van der Waals surface area contributed by atoms with Crippen molar-refractivity contribution in [2.75, 3.05) is 5.75 Å². The van der Waals surface area contributed by atoms with Gasteiger partial charge in [-0.2, -0.15) is 4.98 Å². The maximum atomic E-state index is 12.2. The largest absolute Gasteiger partial charge is 0.458 e. The molecule has 0 atom stereocenters. The highest BCUT2D eigenvalue weighted by Gasteiger charge is 2.15. The van der Waals surface area contributed by atoms with E-state index in [1.165, 1.54) is 0 Å². The maximum Gasteiger partial charge on any atom is 0.256 e. The molecule has 1 aromatic carbocycles. The Kier molecular flexibility index (Phi) is 3.30. The second kappa shape index (κ2) is 4.98. The molecule has 104 valence electrons. The van der Waals surface area contributed by atoms with E-state index < -0.39 is 0 Å². The van der Waals surface area contributed by atoms with Crippen molar-refractivity contribution in [3.63, 3.8) is 0 Å². The molecular formula is C15H15NO3S. The first kappa shape index (κ1) is 13.2. The molecule has 0 radical (unpaired) electrons. The summed E-state index contributed by atoms with van der Waals surface area (Å²) in [4.78, 5) is 16.7. The number of oxazole rings is 1. The molecular weight excluding hydrogens is 274 g/mol. The summed E-state index contributed by atoms with van der Waals surface area (Å²) in [5.41, 5.74) is 2.43. The number of hydrogen-bond donors (Lipinski definition) is 0. The molecule has 2 aromatic heterocycles. The Morgan fingerprint density at radius 3 is 2.80 bits per heavy atom. The minimum atomic E-state index is -0.00332. The molecule has 3 rings (SSSR count). The van der Waals surface area contributed by atoms with Crippen molar-refractivity contribution < 1.29 is 8.83 Å². The first-order valence-corrected chi connectivity index (χ1v) is 7.56. The number of benzene rings is 1. The third-order valence-electron chi connectivity index (χ3n) is 3.29. The number of hydrogen-bond acceptors (Lipinski definition) is 5. The van der Waals surface area contributed by atoms with Crippen molar-refractivity contribution in [3.8, 4) is 0 Å². The number of fused-ring (bicyclic) bond motifs is 3. The van der Waals surface area contributed by atoms with Gasteiger partial charge in [0.25, 0.3) is 5.22 Å². The Bertz CT molecular complexity index is 848. The fraction of sp³-hybridized carbons (Fsp3) is 0.333. The van der Waals surface area contributed by atoms with Gasteiger partial charge in [0.15, 0.2) is 22.1 Å². The predicted octanol–water partition coefficient (Wildman–Crippen LogP) is 4.05. The van der Waals surface area contributed by atoms with E-state index in [0.717, 1.165) is 12.2 Å². The van der Waals surface area contributed by atoms with Crippen molar-refractivity contribution in [3.05, 3.63) is 33.7 Å². The van der Waals surface area contributed by atoms with Gasteiger partial charge in [-0.3, -0.25) is 4.79 Å². The zero-order valence-corrected chi connectivity index (χ0v) is 12.5. The molecule has 3 aromatic rings. The fourth-order valence-electron chi connectivity index (χ4n) is 2.07. The van der Waals surface area contributed by atoms with Gasteiger partial charge in [-0.1, -0.05) is 18.7 Å². The zero-order chi connectivity index (χ0) is 14.3. The van der Waals surface area contributed by atoms with Crippen molar-refractivity contribution in [2.45, 2.75) is 32.4 Å². The van der Waals surface area contributed by atoms with Crippen LogP contribution in [0.4, 0.5) is 0 Å². The van der Waals surface area contributed by atoms with Crippen LogP contribution < -0.4 is 5.43 Å². The summed E-state index contributed by atoms with van der Waals surface area (Å²) in [7, 11) is 0. The van der Waals surface area contributed by atoms with Crippen molar-refractivity contribution in [2.24, 2.45) is 0 Å². The fourth-order valence-corrected chi connectivity index (χ4v) is 2.76. The SMILES string of the molecule is CCCSc1nc2c(ccc3c(=O)c(C)c(C)oc32)o1. The molecule has 0 bridgehead atoms. The van der Waals surface area contributed by atoms with Crippen LogP contribution in [-0.2, 0) is 0 Å². The predicted molar refractivity (Wildman–Crippen MR) is 80.5 cm³/mol. The van der Waals surface area contributed by atoms with Crippen molar-refractivity contribution in [1.29, 1.82) is 0 Å². The van der Waals surface area contributed by atoms with Gasteiger partial charge in [-0.15, -0.1) is 0 Å². The molecule has 4 nitrogen and oxygen atoms in total. The van der Waals surface area contributed by atoms with Gasteiger partial charge in [-0.25, -0.2) is 0 Å². The van der Waals surface area contributed by atoms with Crippen LogP contribution in [0.2, 0.25) is 0 Å². The van der Waals surface area contributed by atoms with E-state index in [9.17, 15) is 4.79 Å². The van der Waals surface area contributed by atoms with Gasteiger partial charge in [-0.05, 0) is 32.4 Å². The average Bonchev–Trinajstić information content (AvgIpc) is 2.86. The number of thioether (sulfide) groups is 1. The molecule has 5 heteroatoms. The van der Waals surface area contributed by atoms with Crippen molar-refractivity contribution >= 4 is 33.8 Å². The molecule has 0 fully saturated rings. The van der Waals surface area contributed by atoms with E-state index in [-0.39, 0.29) is 5.43 Å². The summed E-state index contributed by atoms with van der Waals surface area (Å²) in [5, 5.41) is 1.18. The average molecular weight is 289 g/mol. The molecule has 0 spiro atoms. The summed E-state index contributed by atoms with van der Waals surface area (Å²) < 4.78 is 11.5. The lowest BCUT2D eigenvalue weighted by molar-refractivity contribution is 0.489. The van der Waals surface area contributed by atoms with Crippen molar-refractivity contribution in [1.82, 2.24) is 4.98 Å². The highest BCUT2D eigenvalue weighted by molar-refractivity contribution is 7.99. The number of aryl methyl sites for hydroxylation is 1. The van der Waals surface area contributed by atoms with E-state index in [2.05, 4.69) is 11.9 Å². The molecule has 0 saturated heterocycles. The topological polar surface area (TPSA) is 56.2 Å². The summed E-state index contributed by atoms with van der Waals surface area (Å²) in [6.07, 6.45) is 1.05. The van der Waals surface area contributed by atoms with E-state index in [1.54, 1.807) is 37.7 Å². The Hall–Kier alpha value is -1.75. The lowest BCUT2D eigenvalue weighted by atomic mass is 10.1. The molecule has 0 aliphatic carbocycles. The molecule has 0 amide bonds. The van der Waals surface area contributed by atoms with Gasteiger partial charge < -0.3 is 8.83 Å². The van der Waals surface area contributed by atoms with Crippen LogP contribution in [0, 0.1) is 13.8 Å². The molecule has 0 unspecified atom stereocenters. The standard InChI is InChI=1S/C15H15NO3S/c1-4-7-20-15-16-12-11(19-15)6-5-10-13(17)8(2)9(3)18-14(10)12/h5-6H,4,7H2,1-3H3. The number of nitrogens with zero attached hydrogens (tertiary/aromatic N) is 1. The van der Waals surface area contributed by atoms with E-state index >= 15 is 0 Å². The molecule has 2 heterocycles. The summed E-state index contributed by atoms with van der Waals surface area (Å²) in [6, 6.07) is 3.53. The van der Waals surface area contributed by atoms with Gasteiger partial charge >= 0.3 is 0 Å². The lowest BCUT2D eigenvalue weighted by Gasteiger charge is -2.01. The molecule has 0 aliphatic heterocycles. The normalized spacial score (nSPS) is 11.6. The minimum Gasteiger partial charge on any atom is -0.458 e. The van der Waals surface area contributed by atoms with Crippen LogP contribution in [0.5, 0.6) is 0 Å². The Morgan fingerprint density at radius 2 is 2.05 bits per heavy atom. The van der Waals surface area contributed by atoms with Gasteiger partial charge in [0, 0.05) is 11.3 Å². The third kappa shape index (κ3) is 2.02. The van der Waals surface area contributed by atoms with Crippen LogP contribution in [0.3, 0.4) is 0 Å². The highest BCUT2D eigenvalue weighted by atomic mass is 32.2. The number of rotatable bonds is 3. The van der Waals surface area contributed by atoms with Gasteiger partial charge in [0.05, 0.1) is 5.39 Å². The van der Waals surface area contributed by atoms with Crippen LogP contribution in [0.15, 0.2) is 31.0 Å². The van der Waals surface area contributed by atoms with Crippen LogP contribution in [-0.4, -0.2) is 10.7 Å². The molecule has 0 saturated carbocycles. The summed E-state index contributed by atoms with van der Waals surface area (Å²) in [5.74, 6) is 1.58. The zero-order valence-electron chi connectivity index (χ0n) is 11.6. The van der Waals surface area contributed by atoms with Crippen LogP contribution >= 0.6 is 11.8 Å². The monoisotopic (exact) mass is 289 g/mol. The summed E-state index contributed by atoms with van der Waals surface area (Å²) >= 11 is 1.57. The minimum absolute atomic E-state index is 0.00332. The van der Waals surface area contributed by atoms with Crippen LogP contribution in [0.25, 0.3) is 22.1 Å². The van der Waals surface area contributed by atoms with Gasteiger partial charge in [0.2, 0.25) is 0 Å².